The average Bonchev–Trinajstić information content (AvgIpc) is 1.39. The number of nitrogens with one attached hydrogen (secondary N) is 3. The van der Waals surface area contributed by atoms with Crippen molar-refractivity contribution in [1.82, 2.24) is 10.3 Å². The van der Waals surface area contributed by atoms with Crippen LogP contribution < -0.4 is 10.6 Å². The lowest BCUT2D eigenvalue weighted by Gasteiger charge is -2.51. The highest BCUT2D eigenvalue weighted by molar-refractivity contribution is 8.01. The lowest BCUT2D eigenvalue weighted by molar-refractivity contribution is -0.165. The molecule has 17 heteroatoms. The van der Waals surface area contributed by atoms with Crippen LogP contribution in [0.4, 0.5) is 5.82 Å². The van der Waals surface area contributed by atoms with Crippen molar-refractivity contribution < 1.29 is 57.1 Å². The van der Waals surface area contributed by atoms with E-state index in [1.54, 1.807) is 14.2 Å². The molecule has 0 spiro atoms. The SMILES string of the molecule is CCC(C)(C)C(=O)OCCSC(CC)(CC)C(=O)Nc1[nH]c(C=C2N=C(NC(=O)C(CC)(CC)CC)C(C(=O)OC3C(C(C)(C)C)CC(CCCOCCCOC)CC3C(C)(C)C)=C2C(C)C)c(C(C)C)c1C(=O)OC1C(C(C)(C)C)CC(CCCOCCCOC)CC1C(C)(C)C. The highest BCUT2D eigenvalue weighted by atomic mass is 32.2. The molecule has 4 rings (SSSR count). The van der Waals surface area contributed by atoms with Crippen LogP contribution in [0.2, 0.25) is 0 Å². The van der Waals surface area contributed by atoms with E-state index in [0.717, 1.165) is 64.2 Å². The van der Waals surface area contributed by atoms with Crippen LogP contribution in [0.1, 0.15) is 296 Å². The smallest absolute Gasteiger partial charge is 0.342 e. The molecule has 0 aromatic carbocycles. The van der Waals surface area contributed by atoms with Crippen LogP contribution in [-0.2, 0) is 52.3 Å². The summed E-state index contributed by atoms with van der Waals surface area (Å²) in [5.74, 6) is -0.953. The third-order valence-electron chi connectivity index (χ3n) is 22.5. The molecular formula is C81H140N4O12S. The van der Waals surface area contributed by atoms with Gasteiger partial charge in [-0.1, -0.05) is 152 Å². The van der Waals surface area contributed by atoms with Gasteiger partial charge in [-0.15, -0.1) is 11.8 Å². The number of methoxy groups -OCH3 is 2. The Morgan fingerprint density at radius 1 is 0.551 bits per heavy atom. The number of aromatic nitrogens is 1. The van der Waals surface area contributed by atoms with E-state index in [9.17, 15) is 9.59 Å². The van der Waals surface area contributed by atoms with E-state index < -0.39 is 39.7 Å². The van der Waals surface area contributed by atoms with E-state index in [4.69, 9.17) is 38.2 Å². The first-order chi connectivity index (χ1) is 45.7. The number of hydrogen-bond donors (Lipinski definition) is 3. The van der Waals surface area contributed by atoms with Crippen LogP contribution in [-0.4, -0.2) is 124 Å². The summed E-state index contributed by atoms with van der Waals surface area (Å²) in [7, 11) is 3.42. The van der Waals surface area contributed by atoms with E-state index in [0.29, 0.717) is 118 Å². The zero-order chi connectivity index (χ0) is 73.9. The van der Waals surface area contributed by atoms with Gasteiger partial charge in [-0.2, -0.15) is 0 Å². The van der Waals surface area contributed by atoms with E-state index in [2.05, 4.69) is 98.7 Å². The molecule has 3 aliphatic rings. The number of amides is 2. The fraction of sp³-hybridized carbons (Fsp3) is 0.827. The van der Waals surface area contributed by atoms with Gasteiger partial charge >= 0.3 is 17.9 Å². The van der Waals surface area contributed by atoms with Gasteiger partial charge in [-0.05, 0) is 179 Å². The van der Waals surface area contributed by atoms with Crippen molar-refractivity contribution in [2.45, 2.75) is 292 Å². The normalized spacial score (nSPS) is 22.0. The van der Waals surface area contributed by atoms with E-state index in [1.165, 1.54) is 11.8 Å². The fourth-order valence-electron chi connectivity index (χ4n) is 15.5. The lowest BCUT2D eigenvalue weighted by Crippen LogP contribution is -2.50. The zero-order valence-corrected chi connectivity index (χ0v) is 67.4. The van der Waals surface area contributed by atoms with Crippen molar-refractivity contribution in [1.29, 1.82) is 0 Å². The van der Waals surface area contributed by atoms with Crippen LogP contribution in [0.3, 0.4) is 0 Å². The van der Waals surface area contributed by atoms with E-state index in [-0.39, 0.29) is 104 Å². The summed E-state index contributed by atoms with van der Waals surface area (Å²) in [4.78, 5) is 84.6. The zero-order valence-electron chi connectivity index (χ0n) is 66.6. The summed E-state index contributed by atoms with van der Waals surface area (Å²) in [5, 5.41) is 6.56. The molecule has 4 unspecified atom stereocenters. The lowest BCUT2D eigenvalue weighted by atomic mass is 9.58. The molecule has 2 heterocycles. The van der Waals surface area contributed by atoms with Crippen molar-refractivity contribution in [3.63, 3.8) is 0 Å². The molecule has 0 radical (unpaired) electrons. The van der Waals surface area contributed by atoms with Crippen LogP contribution in [0, 0.1) is 73.9 Å². The minimum atomic E-state index is -0.982. The summed E-state index contributed by atoms with van der Waals surface area (Å²) in [6.45, 7) is 55.1. The molecule has 1 aliphatic heterocycles. The number of nitrogens with zero attached hydrogens (tertiary/aromatic N) is 1. The Morgan fingerprint density at radius 2 is 0.990 bits per heavy atom. The van der Waals surface area contributed by atoms with Crippen molar-refractivity contribution in [3.8, 4) is 0 Å². The van der Waals surface area contributed by atoms with Crippen LogP contribution in [0.5, 0.6) is 0 Å². The van der Waals surface area contributed by atoms with Crippen LogP contribution >= 0.6 is 11.8 Å². The van der Waals surface area contributed by atoms with Gasteiger partial charge in [0.15, 0.2) is 0 Å². The number of thioether (sulfide) groups is 1. The first-order valence-electron chi connectivity index (χ1n) is 38.0. The number of rotatable bonds is 37. The molecule has 1 aromatic heterocycles. The highest BCUT2D eigenvalue weighted by Crippen LogP contribution is 2.54. The first kappa shape index (κ1) is 86.4. The van der Waals surface area contributed by atoms with Gasteiger partial charge in [0.2, 0.25) is 11.8 Å². The molecule has 2 fully saturated rings. The summed E-state index contributed by atoms with van der Waals surface area (Å²) in [6.07, 6.45) is 13.4. The van der Waals surface area contributed by atoms with Gasteiger partial charge in [-0.3, -0.25) is 14.4 Å². The molecule has 1 aromatic rings. The van der Waals surface area contributed by atoms with Gasteiger partial charge in [0.1, 0.15) is 41.6 Å². The predicted molar refractivity (Wildman–Crippen MR) is 402 cm³/mol. The number of hydrogen-bond acceptors (Lipinski definition) is 14. The van der Waals surface area contributed by atoms with E-state index in [1.807, 2.05) is 89.2 Å². The number of amidine groups is 1. The minimum absolute atomic E-state index is 0.00136. The molecule has 16 nitrogen and oxygen atoms in total. The number of H-pyrrole nitrogens is 1. The Morgan fingerprint density at radius 3 is 1.38 bits per heavy atom. The average molecular weight is 1390 g/mol. The monoisotopic (exact) mass is 1390 g/mol. The maximum Gasteiger partial charge on any atom is 0.342 e. The van der Waals surface area contributed by atoms with E-state index >= 15 is 14.4 Å². The highest BCUT2D eigenvalue weighted by Gasteiger charge is 2.52. The van der Waals surface area contributed by atoms with Gasteiger partial charge in [0.25, 0.3) is 0 Å². The van der Waals surface area contributed by atoms with Crippen LogP contribution in [0.15, 0.2) is 21.8 Å². The molecule has 2 amide bonds. The quantitative estimate of drug-likeness (QED) is 0.0323. The first-order valence-corrected chi connectivity index (χ1v) is 39.0. The number of anilines is 1. The Kier molecular flexibility index (Phi) is 33.4. The van der Waals surface area contributed by atoms with Crippen molar-refractivity contribution in [2.75, 3.05) is 71.5 Å². The third-order valence-corrected chi connectivity index (χ3v) is 24.2. The molecule has 0 bridgehead atoms. The molecule has 98 heavy (non-hydrogen) atoms. The fourth-order valence-corrected chi connectivity index (χ4v) is 16.6. The molecule has 2 aliphatic carbocycles. The standard InChI is InChI=1S/C81H140N4O12S/c1-27-79(23,24)74(90)95-45-46-98-81(31-5,32-6)73(89)85-69-65(71(87)97-67-58(77(17,18)19)49-55(50-59(67)78(20,21)22)38-34-42-94-44-36-40-92-26)63(53(9)10)61(83-69)51-60-62(52(7)8)64(68(82-60)84-72(88)80(28-2,29-3)30-4)70(86)96-66-56(75(11,12)13)47-54(48-57(66)76(14,15)16)37-33-41-93-43-35-39-91-25/h51-59,66-67,83H,27-50H2,1-26H3,(H,85,89)(H,82,84,88). The van der Waals surface area contributed by atoms with Crippen molar-refractivity contribution in [3.05, 3.63) is 33.7 Å². The maximum atomic E-state index is 16.1. The Labute approximate surface area is 599 Å². The number of aliphatic imine (C=N–C) groups is 1. The molecule has 0 saturated heterocycles. The van der Waals surface area contributed by atoms with Crippen LogP contribution in [0.25, 0.3) is 6.08 Å². The van der Waals surface area contributed by atoms with Gasteiger partial charge in [0.05, 0.1) is 15.9 Å². The Bertz CT molecular complexity index is 2750. The summed E-state index contributed by atoms with van der Waals surface area (Å²) < 4.78 is 41.7. The van der Waals surface area contributed by atoms with Gasteiger partial charge < -0.3 is 48.8 Å². The predicted octanol–water partition coefficient (Wildman–Crippen LogP) is 19.0. The van der Waals surface area contributed by atoms with Crippen molar-refractivity contribution >= 4 is 59.2 Å². The van der Waals surface area contributed by atoms with Crippen molar-refractivity contribution in [2.24, 2.45) is 78.9 Å². The number of ether oxygens (including phenoxy) is 7. The largest absolute Gasteiger partial charge is 0.464 e. The summed E-state index contributed by atoms with van der Waals surface area (Å²) in [6, 6.07) is 0. The molecule has 3 N–H and O–H groups in total. The third kappa shape index (κ3) is 23.0. The number of allylic oxidation sites excluding steroid dienone is 1. The number of esters is 3. The summed E-state index contributed by atoms with van der Waals surface area (Å²) in [5.41, 5.74) is 0.293. The molecule has 2 saturated carbocycles. The maximum absolute atomic E-state index is 16.1. The Hall–Kier alpha value is -4.03. The summed E-state index contributed by atoms with van der Waals surface area (Å²) >= 11 is 1.44. The second-order valence-electron chi connectivity index (χ2n) is 34.5. The Balaban J connectivity index is 2.03. The van der Waals surface area contributed by atoms with Gasteiger partial charge in [0, 0.05) is 94.4 Å². The van der Waals surface area contributed by atoms with Gasteiger partial charge in [-0.25, -0.2) is 14.6 Å². The minimum Gasteiger partial charge on any atom is -0.464 e. The number of carbonyl (C=O) groups is 5. The second kappa shape index (κ2) is 37.9. The topological polar surface area (TPSA) is 202 Å². The second-order valence-corrected chi connectivity index (χ2v) is 35.9. The molecule has 562 valence electrons. The number of aromatic amines is 1. The number of carbonyl (C=O) groups excluding carboxylic acids is 5. The molecular weight excluding hydrogens is 1250 g/mol. The molecule has 4 atom stereocenters.